The summed E-state index contributed by atoms with van der Waals surface area (Å²) in [7, 11) is 1.75. The lowest BCUT2D eigenvalue weighted by molar-refractivity contribution is -0.0941. The molecule has 0 aromatic heterocycles. The van der Waals surface area contributed by atoms with Gasteiger partial charge in [0.15, 0.2) is 0 Å². The molecule has 1 aliphatic carbocycles. The summed E-state index contributed by atoms with van der Waals surface area (Å²) in [6.45, 7) is 4.35. The third kappa shape index (κ3) is 3.33. The van der Waals surface area contributed by atoms with Gasteiger partial charge in [-0.05, 0) is 43.4 Å². The van der Waals surface area contributed by atoms with E-state index in [4.69, 9.17) is 16.3 Å². The average Bonchev–Trinajstić information content (AvgIpc) is 2.42. The predicted molar refractivity (Wildman–Crippen MR) is 91.6 cm³/mol. The lowest BCUT2D eigenvalue weighted by Gasteiger charge is -2.56. The molecule has 1 atom stereocenters. The Morgan fingerprint density at radius 1 is 1.48 bits per heavy atom. The lowest BCUT2D eigenvalue weighted by atomic mass is 9.61. The van der Waals surface area contributed by atoms with Crippen LogP contribution < -0.4 is 5.32 Å². The van der Waals surface area contributed by atoms with Gasteiger partial charge in [-0.1, -0.05) is 30.2 Å². The van der Waals surface area contributed by atoms with Crippen LogP contribution in [0.3, 0.4) is 0 Å². The molecule has 2 amide bonds. The van der Waals surface area contributed by atoms with Gasteiger partial charge in [-0.25, -0.2) is 4.79 Å². The van der Waals surface area contributed by atoms with E-state index in [1.54, 1.807) is 7.11 Å². The number of ether oxygens (including phenoxy) is 1. The van der Waals surface area contributed by atoms with Crippen molar-refractivity contribution in [1.82, 2.24) is 10.2 Å². The van der Waals surface area contributed by atoms with E-state index < -0.39 is 0 Å². The number of amides is 2. The molecule has 3 rings (SSSR count). The molecule has 1 N–H and O–H groups in total. The molecule has 2 aliphatic rings. The SMILES string of the molecule is COCC1(C2CCC2)CN(C(=O)N[C@H](C)c2cccc(Cl)c2)C1. The first-order chi connectivity index (χ1) is 11.0. The predicted octanol–water partition coefficient (Wildman–Crippen LogP) is 3.86. The molecule has 2 fully saturated rings. The van der Waals surface area contributed by atoms with Crippen molar-refractivity contribution in [3.8, 4) is 0 Å². The number of carbonyl (C=O) groups is 1. The standard InChI is InChI=1S/C18H25ClN2O2/c1-13(14-5-3-8-16(19)9-14)20-17(22)21-10-18(11-21,12-23-2)15-6-4-7-15/h3,5,8-9,13,15H,4,6-7,10-12H2,1-2H3,(H,20,22)/t13-/m1/s1. The van der Waals surface area contributed by atoms with Gasteiger partial charge in [-0.3, -0.25) is 0 Å². The zero-order valence-corrected chi connectivity index (χ0v) is 14.6. The van der Waals surface area contributed by atoms with Crippen LogP contribution in [0.5, 0.6) is 0 Å². The van der Waals surface area contributed by atoms with Crippen LogP contribution in [0.4, 0.5) is 4.79 Å². The van der Waals surface area contributed by atoms with Crippen LogP contribution in [0.15, 0.2) is 24.3 Å². The van der Waals surface area contributed by atoms with Crippen molar-refractivity contribution >= 4 is 17.6 Å². The number of rotatable bonds is 5. The third-order valence-corrected chi connectivity index (χ3v) is 5.63. The topological polar surface area (TPSA) is 41.6 Å². The summed E-state index contributed by atoms with van der Waals surface area (Å²) in [4.78, 5) is 14.4. The molecule has 126 valence electrons. The Morgan fingerprint density at radius 2 is 2.22 bits per heavy atom. The van der Waals surface area contributed by atoms with Crippen LogP contribution in [-0.2, 0) is 4.74 Å². The monoisotopic (exact) mass is 336 g/mol. The number of methoxy groups -OCH3 is 1. The second-order valence-corrected chi connectivity index (χ2v) is 7.44. The summed E-state index contributed by atoms with van der Waals surface area (Å²) in [6, 6.07) is 7.57. The first-order valence-electron chi connectivity index (χ1n) is 8.34. The number of likely N-dealkylation sites (tertiary alicyclic amines) is 1. The molecule has 0 bridgehead atoms. The molecule has 23 heavy (non-hydrogen) atoms. The lowest BCUT2D eigenvalue weighted by Crippen LogP contribution is -2.66. The van der Waals surface area contributed by atoms with Crippen molar-refractivity contribution in [3.63, 3.8) is 0 Å². The number of urea groups is 1. The highest BCUT2D eigenvalue weighted by atomic mass is 35.5. The first kappa shape index (κ1) is 16.6. The molecule has 0 unspecified atom stereocenters. The second-order valence-electron chi connectivity index (χ2n) is 7.01. The summed E-state index contributed by atoms with van der Waals surface area (Å²) in [5, 5.41) is 3.76. The molecule has 5 heteroatoms. The van der Waals surface area contributed by atoms with E-state index in [1.165, 1.54) is 19.3 Å². The van der Waals surface area contributed by atoms with Crippen LogP contribution in [0.1, 0.15) is 37.8 Å². The number of hydrogen-bond donors (Lipinski definition) is 1. The molecule has 1 saturated carbocycles. The minimum atomic E-state index is -0.0534. The van der Waals surface area contributed by atoms with Gasteiger partial charge in [0.25, 0.3) is 0 Å². The molecule has 1 heterocycles. The van der Waals surface area contributed by atoms with E-state index >= 15 is 0 Å². The summed E-state index contributed by atoms with van der Waals surface area (Å²) < 4.78 is 5.42. The molecule has 0 radical (unpaired) electrons. The largest absolute Gasteiger partial charge is 0.384 e. The smallest absolute Gasteiger partial charge is 0.317 e. The van der Waals surface area contributed by atoms with Gasteiger partial charge in [0.1, 0.15) is 0 Å². The number of hydrogen-bond acceptors (Lipinski definition) is 2. The van der Waals surface area contributed by atoms with E-state index in [9.17, 15) is 4.79 Å². The summed E-state index contributed by atoms with van der Waals surface area (Å²) in [5.74, 6) is 0.719. The van der Waals surface area contributed by atoms with Gasteiger partial charge in [0.2, 0.25) is 0 Å². The molecule has 1 aliphatic heterocycles. The van der Waals surface area contributed by atoms with E-state index in [-0.39, 0.29) is 17.5 Å². The number of nitrogens with one attached hydrogen (secondary N) is 1. The molecule has 0 spiro atoms. The van der Waals surface area contributed by atoms with Crippen LogP contribution in [0, 0.1) is 11.3 Å². The molecular weight excluding hydrogens is 312 g/mol. The zero-order valence-electron chi connectivity index (χ0n) is 13.8. The van der Waals surface area contributed by atoms with E-state index in [1.807, 2.05) is 36.1 Å². The quantitative estimate of drug-likeness (QED) is 0.887. The first-order valence-corrected chi connectivity index (χ1v) is 8.72. The Morgan fingerprint density at radius 3 is 2.78 bits per heavy atom. The van der Waals surface area contributed by atoms with Crippen LogP contribution in [-0.4, -0.2) is 37.7 Å². The van der Waals surface area contributed by atoms with Crippen molar-refractivity contribution in [2.45, 2.75) is 32.2 Å². The van der Waals surface area contributed by atoms with Gasteiger partial charge in [-0.15, -0.1) is 0 Å². The Bertz CT molecular complexity index is 568. The molecule has 1 aromatic rings. The van der Waals surface area contributed by atoms with Crippen LogP contribution in [0.2, 0.25) is 5.02 Å². The third-order valence-electron chi connectivity index (χ3n) is 5.39. The van der Waals surface area contributed by atoms with Gasteiger partial charge in [-0.2, -0.15) is 0 Å². The van der Waals surface area contributed by atoms with Gasteiger partial charge in [0.05, 0.1) is 12.6 Å². The highest BCUT2D eigenvalue weighted by Gasteiger charge is 2.52. The van der Waals surface area contributed by atoms with Gasteiger partial charge >= 0.3 is 6.03 Å². The van der Waals surface area contributed by atoms with Crippen molar-refractivity contribution in [3.05, 3.63) is 34.9 Å². The maximum atomic E-state index is 12.5. The van der Waals surface area contributed by atoms with Crippen molar-refractivity contribution < 1.29 is 9.53 Å². The number of carbonyl (C=O) groups excluding carboxylic acids is 1. The fourth-order valence-electron chi connectivity index (χ4n) is 3.77. The number of benzene rings is 1. The molecule has 1 aromatic carbocycles. The maximum Gasteiger partial charge on any atom is 0.317 e. The molecule has 1 saturated heterocycles. The Labute approximate surface area is 143 Å². The molecular formula is C18H25ClN2O2. The fraction of sp³-hybridized carbons (Fsp3) is 0.611. The van der Waals surface area contributed by atoms with Crippen LogP contribution >= 0.6 is 11.6 Å². The average molecular weight is 337 g/mol. The van der Waals surface area contributed by atoms with E-state index in [0.717, 1.165) is 31.2 Å². The van der Waals surface area contributed by atoms with Gasteiger partial charge < -0.3 is 15.0 Å². The fourth-order valence-corrected chi connectivity index (χ4v) is 3.97. The molecule has 4 nitrogen and oxygen atoms in total. The zero-order chi connectivity index (χ0) is 16.4. The Hall–Kier alpha value is -1.26. The van der Waals surface area contributed by atoms with E-state index in [0.29, 0.717) is 5.02 Å². The number of halogens is 1. The normalized spacial score (nSPS) is 21.3. The highest BCUT2D eigenvalue weighted by Crippen LogP contribution is 2.48. The second kappa shape index (κ2) is 6.70. The van der Waals surface area contributed by atoms with Crippen molar-refractivity contribution in [2.75, 3.05) is 26.8 Å². The minimum absolute atomic E-state index is 0.00327. The summed E-state index contributed by atoms with van der Waals surface area (Å²) in [6.07, 6.45) is 3.86. The van der Waals surface area contributed by atoms with Crippen molar-refractivity contribution in [1.29, 1.82) is 0 Å². The minimum Gasteiger partial charge on any atom is -0.384 e. The van der Waals surface area contributed by atoms with Crippen molar-refractivity contribution in [2.24, 2.45) is 11.3 Å². The van der Waals surface area contributed by atoms with E-state index in [2.05, 4.69) is 5.32 Å². The summed E-state index contributed by atoms with van der Waals surface area (Å²) >= 11 is 6.02. The Kier molecular flexibility index (Phi) is 4.83. The maximum absolute atomic E-state index is 12.5. The van der Waals surface area contributed by atoms with Crippen LogP contribution in [0.25, 0.3) is 0 Å². The number of nitrogens with zero attached hydrogens (tertiary/aromatic N) is 1. The Balaban J connectivity index is 1.55. The highest BCUT2D eigenvalue weighted by molar-refractivity contribution is 6.30. The van der Waals surface area contributed by atoms with Gasteiger partial charge in [0, 0.05) is 30.6 Å². The summed E-state index contributed by atoms with van der Waals surface area (Å²) in [5.41, 5.74) is 1.21.